The zero-order chi connectivity index (χ0) is 13.7. The second kappa shape index (κ2) is 5.54. The maximum absolute atomic E-state index is 13.3. The van der Waals surface area contributed by atoms with Crippen molar-refractivity contribution in [3.63, 3.8) is 0 Å². The van der Waals surface area contributed by atoms with Crippen molar-refractivity contribution in [3.05, 3.63) is 70.5 Å². The Kier molecular flexibility index (Phi) is 3.63. The third-order valence-corrected chi connectivity index (χ3v) is 2.45. The largest absolute Gasteiger partial charge is 0.207 e. The fourth-order valence-electron chi connectivity index (χ4n) is 1.57. The lowest BCUT2D eigenvalue weighted by atomic mass is 10.1. The van der Waals surface area contributed by atoms with Gasteiger partial charge in [0.05, 0.1) is 5.56 Å². The second-order valence-corrected chi connectivity index (χ2v) is 3.78. The molecule has 2 aromatic carbocycles. The van der Waals surface area contributed by atoms with E-state index in [1.807, 2.05) is 0 Å². The first kappa shape index (κ1) is 12.4. The molecule has 2 rings (SSSR count). The number of nitrogens with zero attached hydrogens (tertiary/aromatic N) is 1. The van der Waals surface area contributed by atoms with Crippen LogP contribution in [-0.2, 0) is 0 Å². The molecule has 0 spiro atoms. The van der Waals surface area contributed by atoms with Crippen LogP contribution in [0.15, 0.2) is 42.5 Å². The van der Waals surface area contributed by atoms with Gasteiger partial charge in [-0.05, 0) is 30.3 Å². The van der Waals surface area contributed by atoms with Gasteiger partial charge < -0.3 is 0 Å². The van der Waals surface area contributed by atoms with E-state index in [2.05, 4.69) is 23.8 Å². The first-order valence-corrected chi connectivity index (χ1v) is 5.51. The summed E-state index contributed by atoms with van der Waals surface area (Å²) >= 11 is 0. The lowest BCUT2D eigenvalue weighted by Gasteiger charge is -1.95. The molecule has 0 aliphatic heterocycles. The molecule has 2 heteroatoms. The highest BCUT2D eigenvalue weighted by atomic mass is 19.1. The summed E-state index contributed by atoms with van der Waals surface area (Å²) in [6, 6.07) is 13.3. The van der Waals surface area contributed by atoms with E-state index in [9.17, 15) is 4.39 Å². The molecule has 0 amide bonds. The third kappa shape index (κ3) is 3.01. The first-order valence-electron chi connectivity index (χ1n) is 5.51. The maximum atomic E-state index is 13.3. The molecule has 0 heterocycles. The van der Waals surface area contributed by atoms with Gasteiger partial charge in [-0.15, -0.1) is 6.42 Å². The van der Waals surface area contributed by atoms with Crippen LogP contribution in [0.4, 0.5) is 4.39 Å². The zero-order valence-corrected chi connectivity index (χ0v) is 9.94. The molecule has 0 N–H and O–H groups in total. The molecule has 0 radical (unpaired) electrons. The van der Waals surface area contributed by atoms with E-state index in [0.717, 1.165) is 0 Å². The van der Waals surface area contributed by atoms with E-state index in [-0.39, 0.29) is 0 Å². The van der Waals surface area contributed by atoms with Crippen LogP contribution in [0.2, 0.25) is 0 Å². The highest BCUT2D eigenvalue weighted by Gasteiger charge is 1.98. The van der Waals surface area contributed by atoms with Crippen LogP contribution in [0.3, 0.4) is 0 Å². The van der Waals surface area contributed by atoms with E-state index >= 15 is 0 Å². The van der Waals surface area contributed by atoms with Gasteiger partial charge in [0.2, 0.25) is 0 Å². The topological polar surface area (TPSA) is 23.8 Å². The summed E-state index contributed by atoms with van der Waals surface area (Å²) in [6.45, 7) is 0. The molecule has 0 bridgehead atoms. The van der Waals surface area contributed by atoms with Crippen molar-refractivity contribution >= 4 is 0 Å². The van der Waals surface area contributed by atoms with Crippen LogP contribution in [0.5, 0.6) is 0 Å². The lowest BCUT2D eigenvalue weighted by Crippen LogP contribution is -1.85. The van der Waals surface area contributed by atoms with Crippen LogP contribution >= 0.6 is 0 Å². The Balaban J connectivity index is 2.43. The van der Waals surface area contributed by atoms with Crippen LogP contribution in [0.1, 0.15) is 22.3 Å². The molecule has 0 aromatic heterocycles. The Labute approximate surface area is 111 Å². The number of terminal acetylenes is 1. The summed E-state index contributed by atoms with van der Waals surface area (Å²) in [7, 11) is 0. The number of halogens is 1. The minimum absolute atomic E-state index is 0.423. The van der Waals surface area contributed by atoms with Crippen molar-refractivity contribution in [2.45, 2.75) is 0 Å². The Bertz CT molecular complexity index is 764. The van der Waals surface area contributed by atoms with Crippen molar-refractivity contribution in [1.29, 1.82) is 5.26 Å². The predicted octanol–water partition coefficient (Wildman–Crippen LogP) is 3.08. The van der Waals surface area contributed by atoms with Gasteiger partial charge in [-0.3, -0.25) is 0 Å². The molecule has 88 valence electrons. The minimum Gasteiger partial charge on any atom is -0.207 e. The normalized spacial score (nSPS) is 8.79. The van der Waals surface area contributed by atoms with Crippen LogP contribution in [-0.4, -0.2) is 0 Å². The number of nitriles is 1. The van der Waals surface area contributed by atoms with Crippen LogP contribution in [0, 0.1) is 41.3 Å². The van der Waals surface area contributed by atoms with Crippen LogP contribution in [0.25, 0.3) is 0 Å². The average Bonchev–Trinajstić information content (AvgIpc) is 2.44. The molecular formula is C17H8FN. The average molecular weight is 245 g/mol. The van der Waals surface area contributed by atoms with E-state index < -0.39 is 5.82 Å². The highest BCUT2D eigenvalue weighted by Crippen LogP contribution is 2.09. The monoisotopic (exact) mass is 245 g/mol. The molecule has 19 heavy (non-hydrogen) atoms. The fourth-order valence-corrected chi connectivity index (χ4v) is 1.57. The Morgan fingerprint density at radius 3 is 2.32 bits per heavy atom. The zero-order valence-electron chi connectivity index (χ0n) is 9.94. The lowest BCUT2D eigenvalue weighted by molar-refractivity contribution is 0.627. The molecule has 0 aliphatic rings. The summed E-state index contributed by atoms with van der Waals surface area (Å²) < 4.78 is 13.3. The van der Waals surface area contributed by atoms with Gasteiger partial charge in [-0.1, -0.05) is 29.9 Å². The minimum atomic E-state index is -0.423. The molecule has 0 saturated carbocycles. The summed E-state index contributed by atoms with van der Waals surface area (Å²) in [6.07, 6.45) is 5.23. The van der Waals surface area contributed by atoms with Gasteiger partial charge in [0.15, 0.2) is 0 Å². The third-order valence-electron chi connectivity index (χ3n) is 2.45. The summed E-state index contributed by atoms with van der Waals surface area (Å²) in [5.74, 6) is 7.61. The van der Waals surface area contributed by atoms with Gasteiger partial charge in [-0.2, -0.15) is 5.26 Å². The predicted molar refractivity (Wildman–Crippen MR) is 71.5 cm³/mol. The fraction of sp³-hybridized carbons (Fsp3) is 0. The van der Waals surface area contributed by atoms with Gasteiger partial charge in [0.1, 0.15) is 11.9 Å². The van der Waals surface area contributed by atoms with Crippen LogP contribution < -0.4 is 0 Å². The SMILES string of the molecule is C#Cc1cc(F)cc(C#Cc2ccccc2C#N)c1. The maximum Gasteiger partial charge on any atom is 0.125 e. The van der Waals surface area contributed by atoms with Crippen molar-refractivity contribution in [2.24, 2.45) is 0 Å². The Morgan fingerprint density at radius 2 is 1.63 bits per heavy atom. The number of rotatable bonds is 0. The van der Waals surface area contributed by atoms with Crippen molar-refractivity contribution in [2.75, 3.05) is 0 Å². The standard InChI is InChI=1S/C17H8FN/c1-2-13-9-14(11-17(18)10-13)7-8-15-5-3-4-6-16(15)12-19/h1,3-6,9-11H. The quantitative estimate of drug-likeness (QED) is 0.654. The Hall–Kier alpha value is -3.02. The molecule has 0 fully saturated rings. The van der Waals surface area contributed by atoms with Crippen molar-refractivity contribution in [1.82, 2.24) is 0 Å². The number of hydrogen-bond acceptors (Lipinski definition) is 1. The Morgan fingerprint density at radius 1 is 0.947 bits per heavy atom. The molecule has 0 aliphatic carbocycles. The summed E-state index contributed by atoms with van der Waals surface area (Å²) in [4.78, 5) is 0. The van der Waals surface area contributed by atoms with Crippen molar-refractivity contribution in [3.8, 4) is 30.3 Å². The van der Waals surface area contributed by atoms with Gasteiger partial charge in [0.25, 0.3) is 0 Å². The molecule has 2 aromatic rings. The van der Waals surface area contributed by atoms with E-state index in [1.54, 1.807) is 30.3 Å². The molecule has 0 atom stereocenters. The molecular weight excluding hydrogens is 237 g/mol. The molecule has 0 unspecified atom stereocenters. The van der Waals surface area contributed by atoms with Gasteiger partial charge in [0, 0.05) is 16.7 Å². The van der Waals surface area contributed by atoms with Gasteiger partial charge >= 0.3 is 0 Å². The van der Waals surface area contributed by atoms with E-state index in [0.29, 0.717) is 22.3 Å². The molecule has 1 nitrogen and oxygen atoms in total. The van der Waals surface area contributed by atoms with Gasteiger partial charge in [-0.25, -0.2) is 4.39 Å². The molecule has 0 saturated heterocycles. The second-order valence-electron chi connectivity index (χ2n) is 3.78. The van der Waals surface area contributed by atoms with Crippen molar-refractivity contribution < 1.29 is 4.39 Å². The highest BCUT2D eigenvalue weighted by molar-refractivity contribution is 5.52. The summed E-state index contributed by atoms with van der Waals surface area (Å²) in [5, 5.41) is 8.94. The van der Waals surface area contributed by atoms with E-state index in [4.69, 9.17) is 11.7 Å². The van der Waals surface area contributed by atoms with E-state index in [1.165, 1.54) is 12.1 Å². The number of benzene rings is 2. The summed E-state index contributed by atoms with van der Waals surface area (Å²) in [5.41, 5.74) is 2.03. The number of hydrogen-bond donors (Lipinski definition) is 0. The first-order chi connectivity index (χ1) is 9.22. The smallest absolute Gasteiger partial charge is 0.125 e.